The van der Waals surface area contributed by atoms with Crippen molar-refractivity contribution in [1.29, 1.82) is 0 Å². The third kappa shape index (κ3) is 3.08. The molecule has 3 saturated heterocycles. The van der Waals surface area contributed by atoms with Crippen LogP contribution < -0.4 is 9.64 Å². The SMILES string of the molecule is Cc1cc(C)nc(N2CC3CC(C2)N3CCOc2ccccc2)n1. The van der Waals surface area contributed by atoms with E-state index in [1.54, 1.807) is 0 Å². The fourth-order valence-electron chi connectivity index (χ4n) is 3.85. The van der Waals surface area contributed by atoms with Gasteiger partial charge in [-0.15, -0.1) is 0 Å². The molecule has 5 heteroatoms. The molecule has 0 radical (unpaired) electrons. The Morgan fingerprint density at radius 3 is 2.38 bits per heavy atom. The second-order valence-electron chi connectivity index (χ2n) is 6.80. The molecule has 3 fully saturated rings. The van der Waals surface area contributed by atoms with E-state index >= 15 is 0 Å². The number of para-hydroxylation sites is 1. The van der Waals surface area contributed by atoms with Gasteiger partial charge in [0, 0.05) is 43.1 Å². The third-order valence-electron chi connectivity index (χ3n) is 4.96. The minimum absolute atomic E-state index is 0.604. The number of anilines is 1. The number of hydrogen-bond acceptors (Lipinski definition) is 5. The first-order valence-electron chi connectivity index (χ1n) is 8.70. The quantitative estimate of drug-likeness (QED) is 0.845. The van der Waals surface area contributed by atoms with Crippen LogP contribution in [0.2, 0.25) is 0 Å². The van der Waals surface area contributed by atoms with Crippen molar-refractivity contribution in [2.75, 3.05) is 31.1 Å². The summed E-state index contributed by atoms with van der Waals surface area (Å²) in [6.45, 7) is 7.85. The summed E-state index contributed by atoms with van der Waals surface area (Å²) in [5.41, 5.74) is 2.09. The van der Waals surface area contributed by atoms with Gasteiger partial charge in [0.25, 0.3) is 0 Å². The molecule has 4 heterocycles. The number of fused-ring (bicyclic) bond motifs is 2. The van der Waals surface area contributed by atoms with E-state index in [1.807, 2.05) is 50.2 Å². The van der Waals surface area contributed by atoms with Crippen LogP contribution in [0.5, 0.6) is 5.75 Å². The molecule has 5 nitrogen and oxygen atoms in total. The van der Waals surface area contributed by atoms with Gasteiger partial charge in [-0.3, -0.25) is 4.90 Å². The molecule has 0 N–H and O–H groups in total. The van der Waals surface area contributed by atoms with Crippen LogP contribution in [-0.2, 0) is 0 Å². The van der Waals surface area contributed by atoms with Gasteiger partial charge >= 0.3 is 0 Å². The fraction of sp³-hybridized carbons (Fsp3) is 0.474. The Kier molecular flexibility index (Phi) is 4.10. The molecule has 1 aromatic carbocycles. The Balaban J connectivity index is 1.32. The maximum atomic E-state index is 5.84. The lowest BCUT2D eigenvalue weighted by Gasteiger charge is -2.56. The van der Waals surface area contributed by atoms with Crippen molar-refractivity contribution < 1.29 is 4.74 Å². The zero-order valence-electron chi connectivity index (χ0n) is 14.4. The van der Waals surface area contributed by atoms with E-state index in [1.165, 1.54) is 6.42 Å². The molecule has 0 spiro atoms. The highest BCUT2D eigenvalue weighted by molar-refractivity contribution is 5.36. The summed E-state index contributed by atoms with van der Waals surface area (Å²) < 4.78 is 5.84. The van der Waals surface area contributed by atoms with E-state index < -0.39 is 0 Å². The molecule has 3 aliphatic rings. The Hall–Kier alpha value is -2.14. The molecule has 2 unspecified atom stereocenters. The molecular formula is C19H24N4O. The van der Waals surface area contributed by atoms with Crippen molar-refractivity contribution in [2.45, 2.75) is 32.4 Å². The van der Waals surface area contributed by atoms with E-state index in [0.717, 1.165) is 49.3 Å². The maximum Gasteiger partial charge on any atom is 0.225 e. The Bertz CT molecular complexity index is 674. The lowest BCUT2D eigenvalue weighted by atomic mass is 9.87. The predicted octanol–water partition coefficient (Wildman–Crippen LogP) is 2.44. The number of hydrogen-bond donors (Lipinski definition) is 0. The third-order valence-corrected chi connectivity index (χ3v) is 4.96. The van der Waals surface area contributed by atoms with E-state index in [4.69, 9.17) is 4.74 Å². The second-order valence-corrected chi connectivity index (χ2v) is 6.80. The monoisotopic (exact) mass is 324 g/mol. The number of rotatable bonds is 5. The van der Waals surface area contributed by atoms with E-state index in [9.17, 15) is 0 Å². The van der Waals surface area contributed by atoms with Gasteiger partial charge < -0.3 is 9.64 Å². The molecule has 3 aliphatic heterocycles. The van der Waals surface area contributed by atoms with E-state index in [-0.39, 0.29) is 0 Å². The van der Waals surface area contributed by atoms with Gasteiger partial charge in [-0.05, 0) is 38.5 Å². The zero-order valence-corrected chi connectivity index (χ0v) is 14.4. The summed E-state index contributed by atoms with van der Waals surface area (Å²) in [5, 5.41) is 0. The van der Waals surface area contributed by atoms with Crippen LogP contribution in [0.15, 0.2) is 36.4 Å². The van der Waals surface area contributed by atoms with Crippen LogP contribution in [0.4, 0.5) is 5.95 Å². The summed E-state index contributed by atoms with van der Waals surface area (Å²) in [6, 6.07) is 13.3. The van der Waals surface area contributed by atoms with Gasteiger partial charge in [0.15, 0.2) is 0 Å². The highest BCUT2D eigenvalue weighted by atomic mass is 16.5. The molecule has 24 heavy (non-hydrogen) atoms. The molecule has 2 aromatic rings. The number of aromatic nitrogens is 2. The van der Waals surface area contributed by atoms with Crippen LogP contribution in [-0.4, -0.2) is 53.2 Å². The van der Waals surface area contributed by atoms with Gasteiger partial charge in [0.05, 0.1) is 0 Å². The van der Waals surface area contributed by atoms with Crippen molar-refractivity contribution in [3.63, 3.8) is 0 Å². The van der Waals surface area contributed by atoms with Crippen molar-refractivity contribution >= 4 is 5.95 Å². The first-order chi connectivity index (χ1) is 11.7. The van der Waals surface area contributed by atoms with E-state index in [2.05, 4.69) is 19.8 Å². The topological polar surface area (TPSA) is 41.5 Å². The molecule has 126 valence electrons. The molecule has 0 amide bonds. The summed E-state index contributed by atoms with van der Waals surface area (Å²) in [6.07, 6.45) is 1.28. The molecule has 0 aliphatic carbocycles. The van der Waals surface area contributed by atoms with E-state index in [0.29, 0.717) is 12.1 Å². The van der Waals surface area contributed by atoms with Crippen LogP contribution in [0.3, 0.4) is 0 Å². The van der Waals surface area contributed by atoms with Gasteiger partial charge in [-0.1, -0.05) is 18.2 Å². The van der Waals surface area contributed by atoms with Crippen molar-refractivity contribution in [2.24, 2.45) is 0 Å². The largest absolute Gasteiger partial charge is 0.492 e. The first-order valence-corrected chi connectivity index (χ1v) is 8.70. The predicted molar refractivity (Wildman–Crippen MR) is 94.6 cm³/mol. The number of aryl methyl sites for hydroxylation is 2. The van der Waals surface area contributed by atoms with Crippen LogP contribution in [0.1, 0.15) is 17.8 Å². The fourth-order valence-corrected chi connectivity index (χ4v) is 3.85. The molecule has 1 aromatic heterocycles. The molecular weight excluding hydrogens is 300 g/mol. The highest BCUT2D eigenvalue weighted by Crippen LogP contribution is 2.33. The van der Waals surface area contributed by atoms with Crippen LogP contribution in [0.25, 0.3) is 0 Å². The molecule has 0 saturated carbocycles. The standard InChI is InChI=1S/C19H24N4O/c1-14-10-15(2)21-19(20-14)22-12-16-11-17(13-22)23(16)8-9-24-18-6-4-3-5-7-18/h3-7,10,16-17H,8-9,11-13H2,1-2H3. The molecule has 5 rings (SSSR count). The van der Waals surface area contributed by atoms with Crippen molar-refractivity contribution in [3.8, 4) is 5.75 Å². The maximum absolute atomic E-state index is 5.84. The average Bonchev–Trinajstić information content (AvgIpc) is 2.59. The van der Waals surface area contributed by atoms with Crippen molar-refractivity contribution in [1.82, 2.24) is 14.9 Å². The minimum atomic E-state index is 0.604. The summed E-state index contributed by atoms with van der Waals surface area (Å²) >= 11 is 0. The Labute approximate surface area is 143 Å². The Morgan fingerprint density at radius 2 is 1.71 bits per heavy atom. The number of piperazine rings is 1. The molecule has 2 bridgehead atoms. The summed E-state index contributed by atoms with van der Waals surface area (Å²) in [7, 11) is 0. The first kappa shape index (κ1) is 15.4. The van der Waals surface area contributed by atoms with Crippen LogP contribution in [0, 0.1) is 13.8 Å². The lowest BCUT2D eigenvalue weighted by Crippen LogP contribution is -2.69. The average molecular weight is 324 g/mol. The van der Waals surface area contributed by atoms with Gasteiger partial charge in [0.1, 0.15) is 12.4 Å². The summed E-state index contributed by atoms with van der Waals surface area (Å²) in [5.74, 6) is 1.84. The summed E-state index contributed by atoms with van der Waals surface area (Å²) in [4.78, 5) is 14.1. The molecule has 2 atom stereocenters. The Morgan fingerprint density at radius 1 is 1.04 bits per heavy atom. The second kappa shape index (κ2) is 6.40. The number of piperidine rings is 1. The minimum Gasteiger partial charge on any atom is -0.492 e. The number of nitrogens with zero attached hydrogens (tertiary/aromatic N) is 4. The number of ether oxygens (including phenoxy) is 1. The normalized spacial score (nSPS) is 23.0. The van der Waals surface area contributed by atoms with Gasteiger partial charge in [0.2, 0.25) is 5.95 Å². The van der Waals surface area contributed by atoms with Crippen molar-refractivity contribution in [3.05, 3.63) is 47.8 Å². The van der Waals surface area contributed by atoms with Crippen LogP contribution >= 0.6 is 0 Å². The smallest absolute Gasteiger partial charge is 0.225 e. The van der Waals surface area contributed by atoms with Gasteiger partial charge in [-0.25, -0.2) is 9.97 Å². The number of benzene rings is 1. The zero-order chi connectivity index (χ0) is 16.5. The highest BCUT2D eigenvalue weighted by Gasteiger charge is 2.44. The van der Waals surface area contributed by atoms with Gasteiger partial charge in [-0.2, -0.15) is 0 Å². The lowest BCUT2D eigenvalue weighted by molar-refractivity contribution is -0.0102.